The summed E-state index contributed by atoms with van der Waals surface area (Å²) in [5.41, 5.74) is 0.362. The van der Waals surface area contributed by atoms with Crippen molar-refractivity contribution in [3.63, 3.8) is 0 Å². The normalized spacial score (nSPS) is 21.1. The molecule has 1 aliphatic heterocycles. The molecule has 0 aromatic carbocycles. The summed E-state index contributed by atoms with van der Waals surface area (Å²) in [7, 11) is 0. The van der Waals surface area contributed by atoms with Crippen molar-refractivity contribution < 1.29 is 9.53 Å². The maximum atomic E-state index is 11.5. The minimum Gasteiger partial charge on any atom is -0.479 e. The number of rotatable bonds is 2. The molecular formula is C12H18O2. The van der Waals surface area contributed by atoms with Crippen molar-refractivity contribution in [1.82, 2.24) is 0 Å². The molecule has 0 saturated carbocycles. The topological polar surface area (TPSA) is 26.3 Å². The highest BCUT2D eigenvalue weighted by molar-refractivity contribution is 5.99. The molecule has 14 heavy (non-hydrogen) atoms. The van der Waals surface area contributed by atoms with E-state index in [1.54, 1.807) is 19.9 Å². The van der Waals surface area contributed by atoms with Crippen LogP contribution in [0.25, 0.3) is 0 Å². The summed E-state index contributed by atoms with van der Waals surface area (Å²) < 4.78 is 5.57. The summed E-state index contributed by atoms with van der Waals surface area (Å²) >= 11 is 0. The molecule has 0 radical (unpaired) electrons. The first-order valence-corrected chi connectivity index (χ1v) is 4.97. The number of carbonyl (C=O) groups is 1. The van der Waals surface area contributed by atoms with Crippen LogP contribution in [0.3, 0.4) is 0 Å². The zero-order valence-corrected chi connectivity index (χ0v) is 9.55. The van der Waals surface area contributed by atoms with Gasteiger partial charge in [0.2, 0.25) is 5.78 Å². The SMILES string of the molecule is C/C(=C\C(C)C)C1=CC(=O)C(C)(C)O1. The highest BCUT2D eigenvalue weighted by Gasteiger charge is 2.35. The van der Waals surface area contributed by atoms with Crippen LogP contribution < -0.4 is 0 Å². The standard InChI is InChI=1S/C12H18O2/c1-8(2)6-9(3)10-7-11(13)12(4,5)14-10/h6-8H,1-5H3/b9-6+. The van der Waals surface area contributed by atoms with E-state index in [-0.39, 0.29) is 5.78 Å². The first-order valence-electron chi connectivity index (χ1n) is 4.97. The van der Waals surface area contributed by atoms with Gasteiger partial charge in [0, 0.05) is 6.08 Å². The van der Waals surface area contributed by atoms with Gasteiger partial charge < -0.3 is 4.74 Å². The molecule has 0 atom stereocenters. The minimum atomic E-state index is -0.679. The fraction of sp³-hybridized carbons (Fsp3) is 0.583. The lowest BCUT2D eigenvalue weighted by atomic mass is 10.1. The van der Waals surface area contributed by atoms with Crippen molar-refractivity contribution in [2.75, 3.05) is 0 Å². The van der Waals surface area contributed by atoms with E-state index in [1.165, 1.54) is 0 Å². The molecular weight excluding hydrogens is 176 g/mol. The molecule has 0 amide bonds. The molecule has 1 heterocycles. The van der Waals surface area contributed by atoms with Crippen molar-refractivity contribution >= 4 is 5.78 Å². The van der Waals surface area contributed by atoms with Crippen molar-refractivity contribution in [2.24, 2.45) is 5.92 Å². The van der Waals surface area contributed by atoms with Gasteiger partial charge in [-0.25, -0.2) is 0 Å². The van der Waals surface area contributed by atoms with E-state index in [1.807, 2.05) is 6.92 Å². The Morgan fingerprint density at radius 2 is 2.07 bits per heavy atom. The van der Waals surface area contributed by atoms with Crippen LogP contribution in [0.2, 0.25) is 0 Å². The highest BCUT2D eigenvalue weighted by atomic mass is 16.5. The lowest BCUT2D eigenvalue weighted by Gasteiger charge is -2.18. The Kier molecular flexibility index (Phi) is 2.84. The summed E-state index contributed by atoms with van der Waals surface area (Å²) in [6.45, 7) is 9.77. The Morgan fingerprint density at radius 1 is 1.50 bits per heavy atom. The van der Waals surface area contributed by atoms with E-state index in [0.717, 1.165) is 5.57 Å². The Morgan fingerprint density at radius 3 is 2.43 bits per heavy atom. The van der Waals surface area contributed by atoms with Crippen LogP contribution in [-0.2, 0) is 9.53 Å². The van der Waals surface area contributed by atoms with Crippen molar-refractivity contribution in [3.8, 4) is 0 Å². The molecule has 1 aliphatic rings. The van der Waals surface area contributed by atoms with Crippen LogP contribution in [0.5, 0.6) is 0 Å². The molecule has 0 spiro atoms. The quantitative estimate of drug-likeness (QED) is 0.675. The molecule has 0 aromatic heterocycles. The fourth-order valence-electron chi connectivity index (χ4n) is 1.42. The Labute approximate surface area is 85.6 Å². The van der Waals surface area contributed by atoms with Crippen LogP contribution in [-0.4, -0.2) is 11.4 Å². The van der Waals surface area contributed by atoms with Gasteiger partial charge in [-0.3, -0.25) is 4.79 Å². The summed E-state index contributed by atoms with van der Waals surface area (Å²) in [4.78, 5) is 11.5. The Hall–Kier alpha value is -1.05. The van der Waals surface area contributed by atoms with Crippen molar-refractivity contribution in [2.45, 2.75) is 40.2 Å². The molecule has 1 rings (SSSR count). The number of ether oxygens (including phenoxy) is 1. The van der Waals surface area contributed by atoms with Gasteiger partial charge in [0.25, 0.3) is 0 Å². The second-order valence-electron chi connectivity index (χ2n) is 4.58. The highest BCUT2D eigenvalue weighted by Crippen LogP contribution is 2.28. The van der Waals surface area contributed by atoms with Gasteiger partial charge in [0.05, 0.1) is 0 Å². The van der Waals surface area contributed by atoms with Gasteiger partial charge in [-0.1, -0.05) is 19.9 Å². The van der Waals surface area contributed by atoms with Crippen molar-refractivity contribution in [3.05, 3.63) is 23.5 Å². The van der Waals surface area contributed by atoms with Gasteiger partial charge in [-0.05, 0) is 32.3 Å². The molecule has 0 fully saturated rings. The van der Waals surface area contributed by atoms with E-state index in [2.05, 4.69) is 19.9 Å². The largest absolute Gasteiger partial charge is 0.479 e. The lowest BCUT2D eigenvalue weighted by molar-refractivity contribution is -0.126. The van der Waals surface area contributed by atoms with Crippen LogP contribution >= 0.6 is 0 Å². The molecule has 0 aliphatic carbocycles. The summed E-state index contributed by atoms with van der Waals surface area (Å²) in [5.74, 6) is 1.23. The van der Waals surface area contributed by atoms with Crippen LogP contribution in [0, 0.1) is 5.92 Å². The summed E-state index contributed by atoms with van der Waals surface area (Å²) in [6.07, 6.45) is 3.69. The van der Waals surface area contributed by atoms with E-state index in [9.17, 15) is 4.79 Å². The molecule has 0 saturated heterocycles. The van der Waals surface area contributed by atoms with Gasteiger partial charge in [-0.15, -0.1) is 0 Å². The summed E-state index contributed by atoms with van der Waals surface area (Å²) in [5, 5.41) is 0. The first-order chi connectivity index (χ1) is 6.33. The third-order valence-electron chi connectivity index (χ3n) is 2.19. The Bertz CT molecular complexity index is 306. The average Bonchev–Trinajstić information content (AvgIpc) is 2.25. The molecule has 0 unspecified atom stereocenters. The zero-order chi connectivity index (χ0) is 10.9. The second kappa shape index (κ2) is 3.60. The number of ketones is 1. The zero-order valence-electron chi connectivity index (χ0n) is 9.55. The number of carbonyl (C=O) groups excluding carboxylic acids is 1. The maximum absolute atomic E-state index is 11.5. The maximum Gasteiger partial charge on any atom is 0.202 e. The fourth-order valence-corrected chi connectivity index (χ4v) is 1.42. The smallest absolute Gasteiger partial charge is 0.202 e. The molecule has 0 bridgehead atoms. The van der Waals surface area contributed by atoms with Crippen LogP contribution in [0.4, 0.5) is 0 Å². The van der Waals surface area contributed by atoms with E-state index < -0.39 is 5.60 Å². The van der Waals surface area contributed by atoms with Crippen LogP contribution in [0.1, 0.15) is 34.6 Å². The van der Waals surface area contributed by atoms with Gasteiger partial charge in [0.15, 0.2) is 5.60 Å². The monoisotopic (exact) mass is 194 g/mol. The van der Waals surface area contributed by atoms with E-state index in [4.69, 9.17) is 4.74 Å². The predicted molar refractivity (Wildman–Crippen MR) is 56.8 cm³/mol. The van der Waals surface area contributed by atoms with E-state index >= 15 is 0 Å². The first kappa shape index (κ1) is 11.0. The molecule has 0 aromatic rings. The van der Waals surface area contributed by atoms with E-state index in [0.29, 0.717) is 11.7 Å². The second-order valence-corrected chi connectivity index (χ2v) is 4.58. The molecule has 0 N–H and O–H groups in total. The Balaban J connectivity index is 2.84. The molecule has 2 heteroatoms. The lowest BCUT2D eigenvalue weighted by Crippen LogP contribution is -2.27. The number of hydrogen-bond donors (Lipinski definition) is 0. The molecule has 78 valence electrons. The third-order valence-corrected chi connectivity index (χ3v) is 2.19. The van der Waals surface area contributed by atoms with Crippen molar-refractivity contribution in [1.29, 1.82) is 0 Å². The third kappa shape index (κ3) is 2.25. The molecule has 2 nitrogen and oxygen atoms in total. The van der Waals surface area contributed by atoms with Gasteiger partial charge in [-0.2, -0.15) is 0 Å². The minimum absolute atomic E-state index is 0.0454. The summed E-state index contributed by atoms with van der Waals surface area (Å²) in [6, 6.07) is 0. The number of hydrogen-bond acceptors (Lipinski definition) is 2. The van der Waals surface area contributed by atoms with Gasteiger partial charge in [0.1, 0.15) is 5.76 Å². The average molecular weight is 194 g/mol. The predicted octanol–water partition coefficient (Wildman–Crippen LogP) is 2.85. The van der Waals surface area contributed by atoms with Crippen LogP contribution in [0.15, 0.2) is 23.5 Å². The van der Waals surface area contributed by atoms with Gasteiger partial charge >= 0.3 is 0 Å². The number of allylic oxidation sites excluding steroid dienone is 2.